The van der Waals surface area contributed by atoms with Crippen molar-refractivity contribution < 1.29 is 4.79 Å². The largest absolute Gasteiger partial charge is 0.356 e. The number of para-hydroxylation sites is 1. The number of nitrogens with one attached hydrogen (secondary N) is 3. The molecule has 5 nitrogen and oxygen atoms in total. The highest BCUT2D eigenvalue weighted by Gasteiger charge is 2.11. The van der Waals surface area contributed by atoms with Crippen LogP contribution in [0.15, 0.2) is 23.2 Å². The Morgan fingerprint density at radius 3 is 2.68 bits per heavy atom. The van der Waals surface area contributed by atoms with Crippen LogP contribution in [0.25, 0.3) is 0 Å². The van der Waals surface area contributed by atoms with Crippen LogP contribution in [0, 0.1) is 0 Å². The molecule has 7 heteroatoms. The highest BCUT2D eigenvalue weighted by Crippen LogP contribution is 2.29. The molecule has 0 radical (unpaired) electrons. The molecule has 1 heterocycles. The average molecular weight is 301 g/mol. The van der Waals surface area contributed by atoms with Crippen LogP contribution in [0.5, 0.6) is 0 Å². The van der Waals surface area contributed by atoms with Gasteiger partial charge in [0.25, 0.3) is 0 Å². The zero-order chi connectivity index (χ0) is 13.7. The van der Waals surface area contributed by atoms with E-state index in [1.165, 1.54) is 0 Å². The van der Waals surface area contributed by atoms with Crippen LogP contribution in [0.3, 0.4) is 0 Å². The van der Waals surface area contributed by atoms with Gasteiger partial charge < -0.3 is 10.6 Å². The minimum atomic E-state index is -0.428. The summed E-state index contributed by atoms with van der Waals surface area (Å²) in [5.74, 6) is 0.471. The molecule has 1 aliphatic rings. The molecule has 1 aromatic carbocycles. The molecule has 0 fully saturated rings. The Morgan fingerprint density at radius 2 is 1.95 bits per heavy atom. The highest BCUT2D eigenvalue weighted by molar-refractivity contribution is 6.39. The summed E-state index contributed by atoms with van der Waals surface area (Å²) in [5, 5.41) is 9.06. The first-order chi connectivity index (χ1) is 9.16. The molecule has 0 bridgehead atoms. The fourth-order valence-electron chi connectivity index (χ4n) is 1.64. The van der Waals surface area contributed by atoms with Crippen LogP contribution in [0.1, 0.15) is 12.8 Å². The van der Waals surface area contributed by atoms with Crippen molar-refractivity contribution >= 4 is 40.9 Å². The second kappa shape index (κ2) is 6.63. The van der Waals surface area contributed by atoms with E-state index in [0.717, 1.165) is 19.4 Å². The molecule has 1 aliphatic heterocycles. The van der Waals surface area contributed by atoms with Gasteiger partial charge in [0.2, 0.25) is 0 Å². The lowest BCUT2D eigenvalue weighted by Gasteiger charge is -2.12. The first kappa shape index (κ1) is 14.0. The van der Waals surface area contributed by atoms with Gasteiger partial charge >= 0.3 is 6.03 Å². The maximum Gasteiger partial charge on any atom is 0.326 e. The second-order valence-corrected chi connectivity index (χ2v) is 4.85. The molecule has 3 N–H and O–H groups in total. The van der Waals surface area contributed by atoms with Crippen LogP contribution in [-0.2, 0) is 0 Å². The number of nitrogens with zero attached hydrogens (tertiary/aromatic N) is 1. The van der Waals surface area contributed by atoms with Crippen molar-refractivity contribution in [2.75, 3.05) is 18.4 Å². The number of amides is 2. The van der Waals surface area contributed by atoms with Gasteiger partial charge in [-0.2, -0.15) is 0 Å². The highest BCUT2D eigenvalue weighted by atomic mass is 35.5. The standard InChI is InChI=1S/C12H14Cl2N4O/c13-8-4-3-5-9(14)10(8)17-12(19)18-11-15-6-1-2-7-16-11/h3-5H,1-2,6-7H2,(H3,15,16,17,18,19). The molecular weight excluding hydrogens is 287 g/mol. The maximum absolute atomic E-state index is 11.8. The zero-order valence-electron chi connectivity index (χ0n) is 10.2. The summed E-state index contributed by atoms with van der Waals surface area (Å²) in [7, 11) is 0. The molecule has 2 amide bonds. The van der Waals surface area contributed by atoms with E-state index >= 15 is 0 Å². The third-order valence-electron chi connectivity index (χ3n) is 2.58. The van der Waals surface area contributed by atoms with E-state index in [4.69, 9.17) is 23.2 Å². The van der Waals surface area contributed by atoms with Crippen molar-refractivity contribution in [3.05, 3.63) is 28.2 Å². The maximum atomic E-state index is 11.8. The lowest BCUT2D eigenvalue weighted by molar-refractivity contribution is 0.256. The summed E-state index contributed by atoms with van der Waals surface area (Å²) in [6.45, 7) is 1.50. The predicted molar refractivity (Wildman–Crippen MR) is 78.2 cm³/mol. The number of rotatable bonds is 1. The van der Waals surface area contributed by atoms with Crippen LogP contribution in [-0.4, -0.2) is 25.1 Å². The Hall–Kier alpha value is -1.46. The van der Waals surface area contributed by atoms with Gasteiger partial charge in [-0.05, 0) is 25.0 Å². The lowest BCUT2D eigenvalue weighted by Crippen LogP contribution is -2.43. The van der Waals surface area contributed by atoms with E-state index < -0.39 is 6.03 Å². The minimum Gasteiger partial charge on any atom is -0.356 e. The average Bonchev–Trinajstić information content (AvgIpc) is 2.63. The Labute approximate surface area is 121 Å². The molecule has 0 saturated heterocycles. The van der Waals surface area contributed by atoms with Crippen molar-refractivity contribution in [3.63, 3.8) is 0 Å². The second-order valence-electron chi connectivity index (χ2n) is 4.04. The first-order valence-corrected chi connectivity index (χ1v) is 6.73. The molecule has 0 aliphatic carbocycles. The van der Waals surface area contributed by atoms with Gasteiger partial charge in [-0.25, -0.2) is 4.79 Å². The molecule has 0 unspecified atom stereocenters. The SMILES string of the molecule is O=C(NC1=NCCCCN1)Nc1c(Cl)cccc1Cl. The summed E-state index contributed by atoms with van der Waals surface area (Å²) in [6, 6.07) is 4.60. The monoisotopic (exact) mass is 300 g/mol. The number of benzene rings is 1. The topological polar surface area (TPSA) is 65.5 Å². The van der Waals surface area contributed by atoms with Crippen molar-refractivity contribution in [1.29, 1.82) is 0 Å². The molecule has 0 saturated carbocycles. The Morgan fingerprint density at radius 1 is 1.21 bits per heavy atom. The van der Waals surface area contributed by atoms with Crippen molar-refractivity contribution in [2.45, 2.75) is 12.8 Å². The number of carbonyl (C=O) groups is 1. The number of halogens is 2. The summed E-state index contributed by atoms with van der Waals surface area (Å²) >= 11 is 11.9. The number of aliphatic imine (C=N–C) groups is 1. The summed E-state index contributed by atoms with van der Waals surface area (Å²) in [5.41, 5.74) is 0.387. The third-order valence-corrected chi connectivity index (χ3v) is 3.21. The molecule has 0 spiro atoms. The lowest BCUT2D eigenvalue weighted by atomic mass is 10.3. The number of hydrogen-bond donors (Lipinski definition) is 3. The minimum absolute atomic E-state index is 0.387. The molecule has 0 aromatic heterocycles. The number of guanidine groups is 1. The molecular formula is C12H14Cl2N4O. The van der Waals surface area contributed by atoms with E-state index in [9.17, 15) is 4.79 Å². The van der Waals surface area contributed by atoms with Gasteiger partial charge in [-0.15, -0.1) is 0 Å². The van der Waals surface area contributed by atoms with Crippen LogP contribution < -0.4 is 16.0 Å². The van der Waals surface area contributed by atoms with Gasteiger partial charge in [-0.1, -0.05) is 29.3 Å². The number of carbonyl (C=O) groups excluding carboxylic acids is 1. The molecule has 2 rings (SSSR count). The Kier molecular flexibility index (Phi) is 4.87. The van der Waals surface area contributed by atoms with Gasteiger partial charge in [-0.3, -0.25) is 10.3 Å². The van der Waals surface area contributed by atoms with Gasteiger partial charge in [0.05, 0.1) is 15.7 Å². The number of urea groups is 1. The molecule has 0 atom stereocenters. The van der Waals surface area contributed by atoms with Gasteiger partial charge in [0, 0.05) is 13.1 Å². The molecule has 102 valence electrons. The Bertz CT molecular complexity index is 484. The van der Waals surface area contributed by atoms with E-state index in [-0.39, 0.29) is 0 Å². The van der Waals surface area contributed by atoms with Gasteiger partial charge in [0.15, 0.2) is 5.96 Å². The fraction of sp³-hybridized carbons (Fsp3) is 0.333. The normalized spacial score (nSPS) is 14.9. The van der Waals surface area contributed by atoms with Crippen molar-refractivity contribution in [2.24, 2.45) is 4.99 Å². The number of anilines is 1. The van der Waals surface area contributed by atoms with Crippen molar-refractivity contribution in [3.8, 4) is 0 Å². The quantitative estimate of drug-likeness (QED) is 0.746. The number of hydrogen-bond acceptors (Lipinski definition) is 3. The zero-order valence-corrected chi connectivity index (χ0v) is 11.7. The van der Waals surface area contributed by atoms with Crippen molar-refractivity contribution in [1.82, 2.24) is 10.6 Å². The van der Waals surface area contributed by atoms with E-state index in [2.05, 4.69) is 20.9 Å². The molecule has 1 aromatic rings. The van der Waals surface area contributed by atoms with Gasteiger partial charge in [0.1, 0.15) is 0 Å². The van der Waals surface area contributed by atoms with Crippen LogP contribution >= 0.6 is 23.2 Å². The third kappa shape index (κ3) is 4.01. The fourth-order valence-corrected chi connectivity index (χ4v) is 2.14. The summed E-state index contributed by atoms with van der Waals surface area (Å²) in [4.78, 5) is 16.1. The van der Waals surface area contributed by atoms with E-state index in [0.29, 0.717) is 28.2 Å². The van der Waals surface area contributed by atoms with Crippen LogP contribution in [0.2, 0.25) is 10.0 Å². The summed E-state index contributed by atoms with van der Waals surface area (Å²) < 4.78 is 0. The van der Waals surface area contributed by atoms with Crippen LogP contribution in [0.4, 0.5) is 10.5 Å². The van der Waals surface area contributed by atoms with E-state index in [1.807, 2.05) is 0 Å². The predicted octanol–water partition coefficient (Wildman–Crippen LogP) is 2.85. The Balaban J connectivity index is 1.99. The smallest absolute Gasteiger partial charge is 0.326 e. The summed E-state index contributed by atoms with van der Waals surface area (Å²) in [6.07, 6.45) is 2.04. The first-order valence-electron chi connectivity index (χ1n) is 5.97. The molecule has 19 heavy (non-hydrogen) atoms. The van der Waals surface area contributed by atoms with E-state index in [1.54, 1.807) is 18.2 Å².